The highest BCUT2D eigenvalue weighted by Gasteiger charge is 2.41. The van der Waals surface area contributed by atoms with Crippen LogP contribution in [0.5, 0.6) is 0 Å². The molecule has 110 valence electrons. The second kappa shape index (κ2) is 5.80. The van der Waals surface area contributed by atoms with Crippen LogP contribution in [-0.2, 0) is 9.53 Å². The molecule has 0 bridgehead atoms. The summed E-state index contributed by atoms with van der Waals surface area (Å²) in [5.41, 5.74) is -0.274. The second-order valence-corrected chi connectivity index (χ2v) is 6.73. The fraction of sp³-hybridized carbons (Fsp3) is 0.933. The van der Waals surface area contributed by atoms with Crippen molar-refractivity contribution in [2.24, 2.45) is 11.3 Å². The van der Waals surface area contributed by atoms with E-state index in [1.807, 2.05) is 18.7 Å². The maximum Gasteiger partial charge on any atom is 0.228 e. The highest BCUT2D eigenvalue weighted by atomic mass is 16.5. The summed E-state index contributed by atoms with van der Waals surface area (Å²) in [4.78, 5) is 14.9. The molecule has 2 aliphatic rings. The van der Waals surface area contributed by atoms with Crippen molar-refractivity contribution in [2.75, 3.05) is 26.2 Å². The zero-order valence-electron chi connectivity index (χ0n) is 12.7. The molecule has 2 aliphatic heterocycles. The van der Waals surface area contributed by atoms with Gasteiger partial charge < -0.3 is 15.0 Å². The molecule has 2 heterocycles. The normalized spacial score (nSPS) is 33.3. The van der Waals surface area contributed by atoms with Crippen LogP contribution in [0.25, 0.3) is 0 Å². The van der Waals surface area contributed by atoms with Gasteiger partial charge in [-0.25, -0.2) is 0 Å². The topological polar surface area (TPSA) is 41.6 Å². The molecule has 3 atom stereocenters. The van der Waals surface area contributed by atoms with Crippen LogP contribution in [0.4, 0.5) is 0 Å². The lowest BCUT2D eigenvalue weighted by atomic mass is 9.74. The number of nitrogens with one attached hydrogen (secondary N) is 1. The van der Waals surface area contributed by atoms with E-state index < -0.39 is 0 Å². The van der Waals surface area contributed by atoms with Gasteiger partial charge in [-0.15, -0.1) is 0 Å². The van der Waals surface area contributed by atoms with E-state index in [9.17, 15) is 4.79 Å². The van der Waals surface area contributed by atoms with Crippen molar-refractivity contribution in [1.82, 2.24) is 10.2 Å². The Labute approximate surface area is 116 Å². The molecule has 0 radical (unpaired) electrons. The van der Waals surface area contributed by atoms with E-state index in [0.717, 1.165) is 32.6 Å². The number of morpholine rings is 1. The summed E-state index contributed by atoms with van der Waals surface area (Å²) in [6.45, 7) is 11.8. The number of hydrogen-bond acceptors (Lipinski definition) is 3. The van der Waals surface area contributed by atoms with Gasteiger partial charge in [0.25, 0.3) is 0 Å². The molecule has 0 aliphatic carbocycles. The lowest BCUT2D eigenvalue weighted by Gasteiger charge is -2.43. The predicted octanol–water partition coefficient (Wildman–Crippen LogP) is 1.65. The van der Waals surface area contributed by atoms with Crippen molar-refractivity contribution in [2.45, 2.75) is 52.7 Å². The Morgan fingerprint density at radius 2 is 1.89 bits per heavy atom. The van der Waals surface area contributed by atoms with Gasteiger partial charge in [0.1, 0.15) is 0 Å². The molecular formula is C15H28N2O2. The van der Waals surface area contributed by atoms with Gasteiger partial charge >= 0.3 is 0 Å². The van der Waals surface area contributed by atoms with Crippen LogP contribution >= 0.6 is 0 Å². The van der Waals surface area contributed by atoms with Gasteiger partial charge in [0.05, 0.1) is 12.2 Å². The monoisotopic (exact) mass is 268 g/mol. The minimum absolute atomic E-state index is 0.146. The number of nitrogens with zero attached hydrogens (tertiary/aromatic N) is 1. The highest BCUT2D eigenvalue weighted by Crippen LogP contribution is 2.34. The molecule has 2 fully saturated rings. The lowest BCUT2D eigenvalue weighted by molar-refractivity contribution is -0.155. The van der Waals surface area contributed by atoms with Crippen molar-refractivity contribution in [3.8, 4) is 0 Å². The summed E-state index contributed by atoms with van der Waals surface area (Å²) in [5, 5.41) is 3.42. The van der Waals surface area contributed by atoms with Crippen LogP contribution in [-0.4, -0.2) is 49.2 Å². The Balaban J connectivity index is 2.04. The van der Waals surface area contributed by atoms with Gasteiger partial charge in [0.2, 0.25) is 5.91 Å². The predicted molar refractivity (Wildman–Crippen MR) is 76.0 cm³/mol. The van der Waals surface area contributed by atoms with Gasteiger partial charge in [0.15, 0.2) is 0 Å². The van der Waals surface area contributed by atoms with Crippen LogP contribution in [0, 0.1) is 11.3 Å². The number of piperidine rings is 1. The van der Waals surface area contributed by atoms with Crippen LogP contribution in [0.3, 0.4) is 0 Å². The smallest absolute Gasteiger partial charge is 0.228 e. The SMILES string of the molecule is C[C@@H]1CN(C(=O)C(C)(C)C2CCCNC2)C[C@H](C)O1. The van der Waals surface area contributed by atoms with Crippen LogP contribution in [0.2, 0.25) is 0 Å². The third kappa shape index (κ3) is 3.29. The molecule has 0 saturated carbocycles. The van der Waals surface area contributed by atoms with Gasteiger partial charge in [-0.1, -0.05) is 13.8 Å². The summed E-state index contributed by atoms with van der Waals surface area (Å²) in [6, 6.07) is 0. The van der Waals surface area contributed by atoms with Gasteiger partial charge in [-0.05, 0) is 45.7 Å². The molecule has 0 aromatic heterocycles. The summed E-state index contributed by atoms with van der Waals surface area (Å²) >= 11 is 0. The van der Waals surface area contributed by atoms with E-state index in [4.69, 9.17) is 4.74 Å². The minimum atomic E-state index is -0.274. The minimum Gasteiger partial charge on any atom is -0.372 e. The first-order valence-corrected chi connectivity index (χ1v) is 7.57. The molecule has 0 spiro atoms. The van der Waals surface area contributed by atoms with Crippen LogP contribution < -0.4 is 5.32 Å². The molecule has 1 N–H and O–H groups in total. The average molecular weight is 268 g/mol. The number of amides is 1. The number of rotatable bonds is 2. The Kier molecular flexibility index (Phi) is 4.51. The van der Waals surface area contributed by atoms with E-state index >= 15 is 0 Å². The zero-order valence-corrected chi connectivity index (χ0v) is 12.7. The third-order valence-electron chi connectivity index (χ3n) is 4.58. The summed E-state index contributed by atoms with van der Waals surface area (Å²) < 4.78 is 5.72. The first-order chi connectivity index (χ1) is 8.91. The maximum absolute atomic E-state index is 12.9. The van der Waals surface area contributed by atoms with E-state index in [0.29, 0.717) is 11.8 Å². The van der Waals surface area contributed by atoms with Crippen molar-refractivity contribution in [1.29, 1.82) is 0 Å². The third-order valence-corrected chi connectivity index (χ3v) is 4.58. The second-order valence-electron chi connectivity index (χ2n) is 6.73. The van der Waals surface area contributed by atoms with Crippen molar-refractivity contribution >= 4 is 5.91 Å². The first kappa shape index (κ1) is 14.8. The molecule has 2 rings (SSSR count). The van der Waals surface area contributed by atoms with Crippen molar-refractivity contribution < 1.29 is 9.53 Å². The quantitative estimate of drug-likeness (QED) is 0.828. The molecule has 1 unspecified atom stereocenters. The molecule has 4 nitrogen and oxygen atoms in total. The average Bonchev–Trinajstić information content (AvgIpc) is 2.37. The fourth-order valence-electron chi connectivity index (χ4n) is 3.39. The van der Waals surface area contributed by atoms with E-state index in [1.165, 1.54) is 6.42 Å². The van der Waals surface area contributed by atoms with E-state index in [-0.39, 0.29) is 17.6 Å². The Morgan fingerprint density at radius 3 is 2.42 bits per heavy atom. The molecule has 2 saturated heterocycles. The van der Waals surface area contributed by atoms with Crippen LogP contribution in [0.1, 0.15) is 40.5 Å². The largest absolute Gasteiger partial charge is 0.372 e. The summed E-state index contributed by atoms with van der Waals surface area (Å²) in [5.74, 6) is 0.741. The zero-order chi connectivity index (χ0) is 14.0. The highest BCUT2D eigenvalue weighted by molar-refractivity contribution is 5.82. The van der Waals surface area contributed by atoms with E-state index in [1.54, 1.807) is 0 Å². The first-order valence-electron chi connectivity index (χ1n) is 7.57. The van der Waals surface area contributed by atoms with Gasteiger partial charge in [0, 0.05) is 18.5 Å². The fourth-order valence-corrected chi connectivity index (χ4v) is 3.39. The summed E-state index contributed by atoms with van der Waals surface area (Å²) in [7, 11) is 0. The van der Waals surface area contributed by atoms with Crippen molar-refractivity contribution in [3.63, 3.8) is 0 Å². The Morgan fingerprint density at radius 1 is 1.26 bits per heavy atom. The van der Waals surface area contributed by atoms with Crippen LogP contribution in [0.15, 0.2) is 0 Å². The number of hydrogen-bond donors (Lipinski definition) is 1. The Bertz CT molecular complexity index is 314. The number of ether oxygens (including phenoxy) is 1. The lowest BCUT2D eigenvalue weighted by Crippen LogP contribution is -2.55. The molecule has 0 aromatic rings. The number of carbonyl (C=O) groups excluding carboxylic acids is 1. The molecule has 1 amide bonds. The standard InChI is InChI=1S/C15H28N2O2/c1-11-9-17(10-12(2)19-11)14(18)15(3,4)13-6-5-7-16-8-13/h11-13,16H,5-10H2,1-4H3/t11-,12+,13?. The molecule has 19 heavy (non-hydrogen) atoms. The van der Waals surface area contributed by atoms with Crippen molar-refractivity contribution in [3.05, 3.63) is 0 Å². The van der Waals surface area contributed by atoms with E-state index in [2.05, 4.69) is 19.2 Å². The summed E-state index contributed by atoms with van der Waals surface area (Å²) in [6.07, 6.45) is 2.62. The maximum atomic E-state index is 12.9. The number of carbonyl (C=O) groups is 1. The Hall–Kier alpha value is -0.610. The molecular weight excluding hydrogens is 240 g/mol. The molecule has 0 aromatic carbocycles. The molecule has 4 heteroatoms. The van der Waals surface area contributed by atoms with Gasteiger partial charge in [-0.2, -0.15) is 0 Å². The van der Waals surface area contributed by atoms with Gasteiger partial charge in [-0.3, -0.25) is 4.79 Å².